The van der Waals surface area contributed by atoms with E-state index >= 15 is 0 Å². The number of aliphatic hydroxyl groups is 1. The number of nitrogens with two attached hydrogens (primary N) is 2. The van der Waals surface area contributed by atoms with Gasteiger partial charge in [0.1, 0.15) is 6.07 Å². The molecule has 0 amide bonds. The van der Waals surface area contributed by atoms with Crippen molar-refractivity contribution in [3.05, 3.63) is 23.2 Å². The van der Waals surface area contributed by atoms with Crippen LogP contribution in [0.5, 0.6) is 0 Å². The summed E-state index contributed by atoms with van der Waals surface area (Å²) in [5, 5.41) is 14.8. The van der Waals surface area contributed by atoms with Crippen LogP contribution in [0.2, 0.25) is 0 Å². The molecule has 0 aliphatic carbocycles. The van der Waals surface area contributed by atoms with E-state index in [1.54, 1.807) is 18.2 Å². The van der Waals surface area contributed by atoms with E-state index in [0.29, 0.717) is 0 Å². The van der Waals surface area contributed by atoms with Crippen LogP contribution in [-0.4, -0.2) is 22.1 Å². The molecule has 0 radical (unpaired) electrons. The van der Waals surface area contributed by atoms with E-state index in [9.17, 15) is 0 Å². The number of hydrogen-bond acceptors (Lipinski definition) is 4. The van der Waals surface area contributed by atoms with Gasteiger partial charge in [0.25, 0.3) is 10.3 Å². The first kappa shape index (κ1) is 26.5. The van der Waals surface area contributed by atoms with E-state index in [2.05, 4.69) is 34.9 Å². The van der Waals surface area contributed by atoms with Crippen molar-refractivity contribution in [2.24, 2.45) is 11.5 Å². The lowest BCUT2D eigenvalue weighted by molar-refractivity contribution is 0.360. The van der Waals surface area contributed by atoms with Crippen LogP contribution in [0.3, 0.4) is 0 Å². The number of nitriles is 1. The summed E-state index contributed by atoms with van der Waals surface area (Å²) >= 11 is 18.1. The second-order valence-corrected chi connectivity index (χ2v) is 3.35. The molecular formula is C10H17Cl2N3O2S2. The average Bonchev–Trinajstić information content (AvgIpc) is 2.36. The van der Waals surface area contributed by atoms with Crippen molar-refractivity contribution in [3.8, 4) is 6.07 Å². The minimum Gasteiger partial charge on any atom is -0.487 e. The molecule has 19 heavy (non-hydrogen) atoms. The van der Waals surface area contributed by atoms with Crippen molar-refractivity contribution < 1.29 is 9.84 Å². The van der Waals surface area contributed by atoms with Crippen molar-refractivity contribution in [3.63, 3.8) is 0 Å². The second-order valence-electron chi connectivity index (χ2n) is 2.02. The first-order valence-corrected chi connectivity index (χ1v) is 6.23. The Morgan fingerprint density at radius 1 is 1.26 bits per heavy atom. The molecule has 0 saturated carbocycles. The molecule has 0 aromatic carbocycles. The molecule has 0 fully saturated rings. The Morgan fingerprint density at radius 3 is 1.58 bits per heavy atom. The molecule has 0 aromatic rings. The number of aliphatic hydroxyl groups excluding tert-OH is 1. The van der Waals surface area contributed by atoms with Gasteiger partial charge >= 0.3 is 0 Å². The van der Waals surface area contributed by atoms with E-state index in [1.807, 2.05) is 13.8 Å². The number of halogens is 2. The van der Waals surface area contributed by atoms with Gasteiger partial charge in [0.05, 0.1) is 0 Å². The SMILES string of the molecule is CC=CCl.CC=CCl.N#CCOC(N)=S.NC(O)=S. The number of thiocarbonyl (C=S) groups is 2. The Labute approximate surface area is 134 Å². The number of ether oxygens (including phenoxy) is 1. The summed E-state index contributed by atoms with van der Waals surface area (Å²) in [5.74, 6) is 0. The molecule has 0 aromatic heterocycles. The Balaban J connectivity index is -0.0000000825. The predicted molar refractivity (Wildman–Crippen MR) is 89.1 cm³/mol. The van der Waals surface area contributed by atoms with Crippen molar-refractivity contribution in [1.29, 1.82) is 5.26 Å². The van der Waals surface area contributed by atoms with Crippen LogP contribution in [0.1, 0.15) is 13.8 Å². The third-order valence-electron chi connectivity index (χ3n) is 0.531. The first-order chi connectivity index (χ1) is 8.83. The zero-order chi connectivity index (χ0) is 16.1. The van der Waals surface area contributed by atoms with Crippen molar-refractivity contribution in [2.75, 3.05) is 6.61 Å². The normalized spacial score (nSPS) is 7.74. The van der Waals surface area contributed by atoms with Gasteiger partial charge in [-0.25, -0.2) is 0 Å². The molecule has 5 N–H and O–H groups in total. The summed E-state index contributed by atoms with van der Waals surface area (Å²) in [6.45, 7) is 3.68. The van der Waals surface area contributed by atoms with Crippen LogP contribution in [0.15, 0.2) is 23.2 Å². The summed E-state index contributed by atoms with van der Waals surface area (Å²) in [6, 6.07) is 1.71. The number of hydrogen-bond donors (Lipinski definition) is 3. The van der Waals surface area contributed by atoms with Gasteiger partial charge in [-0.15, -0.1) is 0 Å². The molecule has 5 nitrogen and oxygen atoms in total. The van der Waals surface area contributed by atoms with Gasteiger partial charge in [-0.2, -0.15) is 5.26 Å². The zero-order valence-corrected chi connectivity index (χ0v) is 13.7. The standard InChI is InChI=1S/2C3H5Cl.C3H4N2OS.CH3NOS/c2*1-2-3-4;4-1-2-6-3(5)7;2-1(3)4/h2*2-3H,1H3;2H2,(H2,5,7);(H3,2,3,4). The average molecular weight is 346 g/mol. The minimum absolute atomic E-state index is 0.0602. The van der Waals surface area contributed by atoms with E-state index < -0.39 is 5.17 Å². The number of nitrogens with zero attached hydrogens (tertiary/aromatic N) is 1. The third-order valence-corrected chi connectivity index (χ3v) is 1.15. The topological polar surface area (TPSA) is 105 Å². The fraction of sp³-hybridized carbons (Fsp3) is 0.300. The van der Waals surface area contributed by atoms with Gasteiger partial charge in [-0.3, -0.25) is 0 Å². The molecule has 0 unspecified atom stereocenters. The van der Waals surface area contributed by atoms with Gasteiger partial charge in [-0.05, 0) is 49.4 Å². The summed E-state index contributed by atoms with van der Waals surface area (Å²) in [5.41, 5.74) is 12.2. The Hall–Kier alpha value is -1.07. The van der Waals surface area contributed by atoms with E-state index in [1.165, 1.54) is 11.1 Å². The summed E-state index contributed by atoms with van der Waals surface area (Å²) in [6.07, 6.45) is 3.53. The lowest BCUT2D eigenvalue weighted by Crippen LogP contribution is -2.12. The quantitative estimate of drug-likeness (QED) is 0.627. The van der Waals surface area contributed by atoms with E-state index in [0.717, 1.165) is 0 Å². The first-order valence-electron chi connectivity index (χ1n) is 4.54. The Kier molecular flexibility index (Phi) is 42.1. The lowest BCUT2D eigenvalue weighted by Gasteiger charge is -1.91. The molecule has 0 spiro atoms. The van der Waals surface area contributed by atoms with Gasteiger partial charge in [0.2, 0.25) is 0 Å². The maximum absolute atomic E-state index is 7.82. The van der Waals surface area contributed by atoms with Gasteiger partial charge in [-0.1, -0.05) is 35.4 Å². The van der Waals surface area contributed by atoms with Gasteiger partial charge < -0.3 is 21.3 Å². The van der Waals surface area contributed by atoms with E-state index in [-0.39, 0.29) is 11.8 Å². The van der Waals surface area contributed by atoms with Crippen LogP contribution >= 0.6 is 47.6 Å². The Bertz CT molecular complexity index is 284. The fourth-order valence-electron chi connectivity index (χ4n) is 0.103. The molecule has 110 valence electrons. The minimum atomic E-state index is -0.500. The monoisotopic (exact) mass is 345 g/mol. The highest BCUT2D eigenvalue weighted by Gasteiger charge is 1.81. The maximum atomic E-state index is 7.82. The van der Waals surface area contributed by atoms with Crippen molar-refractivity contribution in [1.82, 2.24) is 0 Å². The molecule has 0 rings (SSSR count). The summed E-state index contributed by atoms with van der Waals surface area (Å²) < 4.78 is 4.34. The molecule has 0 atom stereocenters. The molecular weight excluding hydrogens is 329 g/mol. The predicted octanol–water partition coefficient (Wildman–Crippen LogP) is 3.08. The lowest BCUT2D eigenvalue weighted by atomic mass is 10.8. The summed E-state index contributed by atoms with van der Waals surface area (Å²) in [4.78, 5) is 0. The van der Waals surface area contributed by atoms with Crippen LogP contribution in [0.25, 0.3) is 0 Å². The highest BCUT2D eigenvalue weighted by Crippen LogP contribution is 1.71. The van der Waals surface area contributed by atoms with Crippen molar-refractivity contribution in [2.45, 2.75) is 13.8 Å². The van der Waals surface area contributed by atoms with E-state index in [4.69, 9.17) is 39.3 Å². The highest BCUT2D eigenvalue weighted by atomic mass is 35.5. The molecule has 9 heteroatoms. The Morgan fingerprint density at radius 2 is 1.53 bits per heavy atom. The summed E-state index contributed by atoms with van der Waals surface area (Å²) in [7, 11) is 0. The molecule has 0 saturated heterocycles. The van der Waals surface area contributed by atoms with Crippen LogP contribution in [-0.2, 0) is 4.74 Å². The molecule has 0 bridgehead atoms. The van der Waals surface area contributed by atoms with Gasteiger partial charge in [0.15, 0.2) is 6.61 Å². The third kappa shape index (κ3) is 155. The highest BCUT2D eigenvalue weighted by molar-refractivity contribution is 7.80. The zero-order valence-electron chi connectivity index (χ0n) is 10.5. The fourth-order valence-corrected chi connectivity index (χ4v) is 0.162. The van der Waals surface area contributed by atoms with Crippen molar-refractivity contribution >= 4 is 58.0 Å². The second kappa shape index (κ2) is 30.2. The number of rotatable bonds is 1. The molecule has 0 aliphatic rings. The maximum Gasteiger partial charge on any atom is 0.254 e. The van der Waals surface area contributed by atoms with Gasteiger partial charge in [0, 0.05) is 0 Å². The van der Waals surface area contributed by atoms with Crippen LogP contribution in [0.4, 0.5) is 0 Å². The molecule has 0 heterocycles. The smallest absolute Gasteiger partial charge is 0.254 e. The van der Waals surface area contributed by atoms with Crippen LogP contribution in [0, 0.1) is 11.3 Å². The number of allylic oxidation sites excluding steroid dienone is 2. The van der Waals surface area contributed by atoms with Crippen LogP contribution < -0.4 is 11.5 Å². The molecule has 0 aliphatic heterocycles. The largest absolute Gasteiger partial charge is 0.487 e.